The normalized spacial score (nSPS) is 10.0. The molecule has 1 aromatic heterocycles. The summed E-state index contributed by atoms with van der Waals surface area (Å²) in [5, 5.41) is 12.4. The molecule has 1 N–H and O–H groups in total. The van der Waals surface area contributed by atoms with Gasteiger partial charge in [0.1, 0.15) is 0 Å². The van der Waals surface area contributed by atoms with Gasteiger partial charge in [0.25, 0.3) is 0 Å². The molecule has 1 aromatic rings. The number of halogens is 1. The molecule has 1 heterocycles. The molecular formula is C6H6BrNO3. The maximum Gasteiger partial charge on any atom is 0.358 e. The minimum Gasteiger partial charge on any atom is -0.476 e. The Morgan fingerprint density at radius 1 is 1.82 bits per heavy atom. The Kier molecular flexibility index (Phi) is 2.28. The molecule has 0 atom stereocenters. The van der Waals surface area contributed by atoms with E-state index in [1.807, 2.05) is 0 Å². The van der Waals surface area contributed by atoms with Crippen LogP contribution in [-0.2, 0) is 5.33 Å². The van der Waals surface area contributed by atoms with E-state index in [0.29, 0.717) is 16.7 Å². The van der Waals surface area contributed by atoms with E-state index in [9.17, 15) is 4.79 Å². The molecule has 0 aliphatic carbocycles. The van der Waals surface area contributed by atoms with Gasteiger partial charge in [0.2, 0.25) is 0 Å². The molecule has 60 valence electrons. The number of alkyl halides is 1. The van der Waals surface area contributed by atoms with Crippen molar-refractivity contribution in [2.75, 3.05) is 0 Å². The quantitative estimate of drug-likeness (QED) is 0.768. The van der Waals surface area contributed by atoms with Gasteiger partial charge in [0.15, 0.2) is 11.5 Å². The second-order valence-electron chi connectivity index (χ2n) is 2.02. The summed E-state index contributed by atoms with van der Waals surface area (Å²) in [5.41, 5.74) is 0.564. The van der Waals surface area contributed by atoms with Gasteiger partial charge in [-0.15, -0.1) is 0 Å². The van der Waals surface area contributed by atoms with Crippen LogP contribution >= 0.6 is 15.9 Å². The van der Waals surface area contributed by atoms with Gasteiger partial charge in [0.05, 0.1) is 5.33 Å². The Balaban J connectivity index is 3.10. The molecule has 0 radical (unpaired) electrons. The first-order valence-electron chi connectivity index (χ1n) is 2.91. The smallest absolute Gasteiger partial charge is 0.358 e. The lowest BCUT2D eigenvalue weighted by Gasteiger charge is -1.87. The molecular weight excluding hydrogens is 214 g/mol. The summed E-state index contributed by atoms with van der Waals surface area (Å²) in [7, 11) is 0. The lowest BCUT2D eigenvalue weighted by atomic mass is 10.2. The predicted molar refractivity (Wildman–Crippen MR) is 40.8 cm³/mol. The van der Waals surface area contributed by atoms with Crippen molar-refractivity contribution in [2.24, 2.45) is 0 Å². The molecule has 0 bridgehead atoms. The Morgan fingerprint density at radius 2 is 2.45 bits per heavy atom. The van der Waals surface area contributed by atoms with Gasteiger partial charge in [-0.2, -0.15) is 0 Å². The molecule has 11 heavy (non-hydrogen) atoms. The second-order valence-corrected chi connectivity index (χ2v) is 2.58. The van der Waals surface area contributed by atoms with Gasteiger partial charge in [0, 0.05) is 5.56 Å². The van der Waals surface area contributed by atoms with Crippen LogP contribution in [-0.4, -0.2) is 16.2 Å². The van der Waals surface area contributed by atoms with Crippen molar-refractivity contribution < 1.29 is 14.4 Å². The highest BCUT2D eigenvalue weighted by atomic mass is 79.9. The van der Waals surface area contributed by atoms with Gasteiger partial charge >= 0.3 is 5.97 Å². The molecule has 0 fully saturated rings. The van der Waals surface area contributed by atoms with Gasteiger partial charge < -0.3 is 9.63 Å². The van der Waals surface area contributed by atoms with E-state index in [1.54, 1.807) is 6.92 Å². The zero-order valence-corrected chi connectivity index (χ0v) is 7.38. The monoisotopic (exact) mass is 219 g/mol. The molecule has 5 heteroatoms. The van der Waals surface area contributed by atoms with Crippen molar-refractivity contribution in [1.29, 1.82) is 0 Å². The van der Waals surface area contributed by atoms with Crippen LogP contribution in [0.4, 0.5) is 0 Å². The fourth-order valence-electron chi connectivity index (χ4n) is 0.694. The van der Waals surface area contributed by atoms with Crippen molar-refractivity contribution in [3.8, 4) is 0 Å². The second kappa shape index (κ2) is 3.04. The summed E-state index contributed by atoms with van der Waals surface area (Å²) in [6.07, 6.45) is 0. The third-order valence-corrected chi connectivity index (χ3v) is 1.85. The number of carbonyl (C=O) groups is 1. The fourth-order valence-corrected chi connectivity index (χ4v) is 1.22. The Labute approximate surface area is 71.3 Å². The molecule has 0 aliphatic rings. The highest BCUT2D eigenvalue weighted by Gasteiger charge is 2.16. The third-order valence-electron chi connectivity index (χ3n) is 1.34. The lowest BCUT2D eigenvalue weighted by molar-refractivity contribution is 0.0685. The molecule has 0 spiro atoms. The summed E-state index contributed by atoms with van der Waals surface area (Å²) >= 11 is 3.14. The van der Waals surface area contributed by atoms with Crippen LogP contribution in [0.25, 0.3) is 0 Å². The fraction of sp³-hybridized carbons (Fsp3) is 0.333. The molecule has 0 saturated carbocycles. The maximum absolute atomic E-state index is 10.4. The SMILES string of the molecule is Cc1c(C(=O)O)noc1CBr. The first kappa shape index (κ1) is 8.26. The zero-order valence-electron chi connectivity index (χ0n) is 5.80. The summed E-state index contributed by atoms with van der Waals surface area (Å²) < 4.78 is 4.73. The van der Waals surface area contributed by atoms with E-state index in [0.717, 1.165) is 0 Å². The minimum absolute atomic E-state index is 0.0144. The van der Waals surface area contributed by atoms with E-state index in [1.165, 1.54) is 0 Å². The predicted octanol–water partition coefficient (Wildman–Crippen LogP) is 1.58. The number of carboxylic acid groups (broad SMARTS) is 1. The molecule has 1 rings (SSSR count). The number of aromatic carboxylic acids is 1. The molecule has 0 aromatic carbocycles. The van der Waals surface area contributed by atoms with E-state index >= 15 is 0 Å². The van der Waals surface area contributed by atoms with Crippen molar-refractivity contribution in [1.82, 2.24) is 5.16 Å². The van der Waals surface area contributed by atoms with Crippen molar-refractivity contribution in [3.05, 3.63) is 17.0 Å². The van der Waals surface area contributed by atoms with Gasteiger partial charge in [-0.1, -0.05) is 21.1 Å². The molecule has 0 amide bonds. The molecule has 0 saturated heterocycles. The minimum atomic E-state index is -1.06. The van der Waals surface area contributed by atoms with Gasteiger partial charge in [-0.25, -0.2) is 4.79 Å². The van der Waals surface area contributed by atoms with Gasteiger partial charge in [-0.3, -0.25) is 0 Å². The number of carboxylic acids is 1. The largest absolute Gasteiger partial charge is 0.476 e. The van der Waals surface area contributed by atoms with E-state index < -0.39 is 5.97 Å². The van der Waals surface area contributed by atoms with E-state index in [4.69, 9.17) is 9.63 Å². The van der Waals surface area contributed by atoms with Crippen LogP contribution in [0.3, 0.4) is 0 Å². The van der Waals surface area contributed by atoms with Crippen LogP contribution in [0, 0.1) is 6.92 Å². The number of rotatable bonds is 2. The van der Waals surface area contributed by atoms with Crippen LogP contribution in [0.15, 0.2) is 4.52 Å². The van der Waals surface area contributed by atoms with E-state index in [-0.39, 0.29) is 5.69 Å². The molecule has 0 unspecified atom stereocenters. The summed E-state index contributed by atoms with van der Waals surface area (Å²) in [6.45, 7) is 1.66. The Morgan fingerprint density at radius 3 is 2.73 bits per heavy atom. The lowest BCUT2D eigenvalue weighted by Crippen LogP contribution is -1.98. The van der Waals surface area contributed by atoms with Crippen LogP contribution in [0.2, 0.25) is 0 Å². The van der Waals surface area contributed by atoms with Crippen molar-refractivity contribution >= 4 is 21.9 Å². The highest BCUT2D eigenvalue weighted by molar-refractivity contribution is 9.08. The first-order chi connectivity index (χ1) is 5.16. The summed E-state index contributed by atoms with van der Waals surface area (Å²) in [6, 6.07) is 0. The highest BCUT2D eigenvalue weighted by Crippen LogP contribution is 2.15. The average Bonchev–Trinajstić information content (AvgIpc) is 2.30. The summed E-state index contributed by atoms with van der Waals surface area (Å²) in [4.78, 5) is 10.4. The van der Waals surface area contributed by atoms with Gasteiger partial charge in [-0.05, 0) is 6.92 Å². The molecule has 0 aliphatic heterocycles. The third kappa shape index (κ3) is 1.42. The van der Waals surface area contributed by atoms with Crippen LogP contribution in [0.5, 0.6) is 0 Å². The number of hydrogen-bond donors (Lipinski definition) is 1. The number of aromatic nitrogens is 1. The zero-order chi connectivity index (χ0) is 8.43. The Hall–Kier alpha value is -0.840. The number of nitrogens with zero attached hydrogens (tertiary/aromatic N) is 1. The average molecular weight is 220 g/mol. The number of hydrogen-bond acceptors (Lipinski definition) is 3. The van der Waals surface area contributed by atoms with Crippen molar-refractivity contribution in [3.63, 3.8) is 0 Å². The maximum atomic E-state index is 10.4. The van der Waals surface area contributed by atoms with E-state index in [2.05, 4.69) is 21.1 Å². The standard InChI is InChI=1S/C6H6BrNO3/c1-3-4(2-7)11-8-5(3)6(9)10/h2H2,1H3,(H,9,10). The Bertz CT molecular complexity index is 281. The van der Waals surface area contributed by atoms with Crippen LogP contribution < -0.4 is 0 Å². The van der Waals surface area contributed by atoms with Crippen LogP contribution in [0.1, 0.15) is 21.8 Å². The summed E-state index contributed by atoms with van der Waals surface area (Å²) in [5.74, 6) is -0.499. The molecule has 4 nitrogen and oxygen atoms in total. The van der Waals surface area contributed by atoms with Crippen molar-refractivity contribution in [2.45, 2.75) is 12.3 Å². The topological polar surface area (TPSA) is 63.3 Å². The first-order valence-corrected chi connectivity index (χ1v) is 4.03.